The molecule has 7 heteroatoms. The van der Waals surface area contributed by atoms with Gasteiger partial charge in [-0.1, -0.05) is 6.92 Å². The average molecular weight is 302 g/mol. The predicted molar refractivity (Wildman–Crippen MR) is 81.1 cm³/mol. The molecule has 1 atom stereocenters. The Morgan fingerprint density at radius 2 is 2.10 bits per heavy atom. The standard InChI is InChI=1S/C13H26N4O2S/c1-5-14-9-12-8-13(10-15-12)20(18,19)16-11(2)6-7-17(3)4/h8,10-11,14-16H,5-7,9H2,1-4H3. The minimum absolute atomic E-state index is 0.0884. The Kier molecular flexibility index (Phi) is 6.67. The number of sulfonamides is 1. The van der Waals surface area contributed by atoms with Crippen LogP contribution in [0.1, 0.15) is 26.0 Å². The molecule has 116 valence electrons. The molecule has 0 aliphatic heterocycles. The molecule has 0 saturated heterocycles. The van der Waals surface area contributed by atoms with Gasteiger partial charge in [0.25, 0.3) is 0 Å². The van der Waals surface area contributed by atoms with Gasteiger partial charge in [-0.15, -0.1) is 0 Å². The molecule has 0 saturated carbocycles. The van der Waals surface area contributed by atoms with Crippen molar-refractivity contribution in [1.29, 1.82) is 0 Å². The third-order valence-corrected chi connectivity index (χ3v) is 4.53. The second kappa shape index (κ2) is 7.78. The van der Waals surface area contributed by atoms with Gasteiger partial charge >= 0.3 is 0 Å². The summed E-state index contributed by atoms with van der Waals surface area (Å²) in [7, 11) is 0.506. The Bertz CT molecular complexity index is 496. The molecule has 1 aromatic rings. The fourth-order valence-corrected chi connectivity index (χ4v) is 3.07. The zero-order valence-electron chi connectivity index (χ0n) is 12.7. The highest BCUT2D eigenvalue weighted by atomic mass is 32.2. The zero-order chi connectivity index (χ0) is 15.2. The number of H-pyrrole nitrogens is 1. The summed E-state index contributed by atoms with van der Waals surface area (Å²) in [6, 6.07) is 1.58. The highest BCUT2D eigenvalue weighted by Gasteiger charge is 2.18. The number of aromatic nitrogens is 1. The van der Waals surface area contributed by atoms with E-state index in [4.69, 9.17) is 0 Å². The van der Waals surface area contributed by atoms with E-state index in [-0.39, 0.29) is 6.04 Å². The normalized spacial score (nSPS) is 13.8. The number of nitrogens with one attached hydrogen (secondary N) is 3. The Morgan fingerprint density at radius 1 is 1.40 bits per heavy atom. The molecule has 0 amide bonds. The Labute approximate surface area is 122 Å². The molecule has 0 fully saturated rings. The first-order valence-electron chi connectivity index (χ1n) is 6.90. The summed E-state index contributed by atoms with van der Waals surface area (Å²) in [6.45, 7) is 6.23. The van der Waals surface area contributed by atoms with Gasteiger partial charge in [-0.2, -0.15) is 0 Å². The van der Waals surface area contributed by atoms with Crippen LogP contribution in [-0.4, -0.2) is 51.5 Å². The van der Waals surface area contributed by atoms with Crippen LogP contribution in [0.4, 0.5) is 0 Å². The highest BCUT2D eigenvalue weighted by molar-refractivity contribution is 7.89. The lowest BCUT2D eigenvalue weighted by molar-refractivity contribution is 0.379. The van der Waals surface area contributed by atoms with Crippen molar-refractivity contribution in [3.63, 3.8) is 0 Å². The van der Waals surface area contributed by atoms with E-state index in [0.717, 1.165) is 25.2 Å². The van der Waals surface area contributed by atoms with E-state index in [0.29, 0.717) is 11.4 Å². The number of aromatic amines is 1. The van der Waals surface area contributed by atoms with Crippen LogP contribution in [0, 0.1) is 0 Å². The Morgan fingerprint density at radius 3 is 2.70 bits per heavy atom. The van der Waals surface area contributed by atoms with Gasteiger partial charge in [-0.05, 0) is 46.6 Å². The summed E-state index contributed by atoms with van der Waals surface area (Å²) in [5, 5.41) is 3.15. The van der Waals surface area contributed by atoms with Crippen molar-refractivity contribution in [2.75, 3.05) is 27.2 Å². The average Bonchev–Trinajstić information content (AvgIpc) is 2.83. The highest BCUT2D eigenvalue weighted by Crippen LogP contribution is 2.11. The molecular weight excluding hydrogens is 276 g/mol. The van der Waals surface area contributed by atoms with Crippen LogP contribution in [0.25, 0.3) is 0 Å². The number of hydrogen-bond acceptors (Lipinski definition) is 4. The fourth-order valence-electron chi connectivity index (χ4n) is 1.78. The van der Waals surface area contributed by atoms with Crippen LogP contribution in [0.5, 0.6) is 0 Å². The van der Waals surface area contributed by atoms with E-state index >= 15 is 0 Å². The molecule has 0 spiro atoms. The molecule has 6 nitrogen and oxygen atoms in total. The first kappa shape index (κ1) is 17.2. The van der Waals surface area contributed by atoms with Crippen molar-refractivity contribution in [3.8, 4) is 0 Å². The molecule has 0 aliphatic rings. The quantitative estimate of drug-likeness (QED) is 0.629. The smallest absolute Gasteiger partial charge is 0.242 e. The third-order valence-electron chi connectivity index (χ3n) is 2.96. The Hall–Kier alpha value is -0.890. The van der Waals surface area contributed by atoms with Gasteiger partial charge in [0.05, 0.1) is 4.90 Å². The zero-order valence-corrected chi connectivity index (χ0v) is 13.5. The summed E-state index contributed by atoms with van der Waals surface area (Å²) in [5.41, 5.74) is 0.869. The van der Waals surface area contributed by atoms with Crippen molar-refractivity contribution >= 4 is 10.0 Å². The summed E-state index contributed by atoms with van der Waals surface area (Å²) in [5.74, 6) is 0. The lowest BCUT2D eigenvalue weighted by atomic mass is 10.2. The largest absolute Gasteiger partial charge is 0.363 e. The number of hydrogen-bond donors (Lipinski definition) is 3. The maximum Gasteiger partial charge on any atom is 0.242 e. The van der Waals surface area contributed by atoms with Crippen LogP contribution in [0.15, 0.2) is 17.2 Å². The van der Waals surface area contributed by atoms with E-state index in [2.05, 4.69) is 15.0 Å². The Balaban J connectivity index is 2.61. The predicted octanol–water partition coefficient (Wildman–Crippen LogP) is 0.743. The molecule has 3 N–H and O–H groups in total. The SMILES string of the molecule is CCNCc1cc(S(=O)(=O)NC(C)CCN(C)C)c[nH]1. The van der Waals surface area contributed by atoms with Gasteiger partial charge < -0.3 is 15.2 Å². The van der Waals surface area contributed by atoms with Crippen LogP contribution in [0.2, 0.25) is 0 Å². The summed E-state index contributed by atoms with van der Waals surface area (Å²) < 4.78 is 27.1. The van der Waals surface area contributed by atoms with Gasteiger partial charge in [-0.25, -0.2) is 13.1 Å². The van der Waals surface area contributed by atoms with Crippen LogP contribution in [-0.2, 0) is 16.6 Å². The lowest BCUT2D eigenvalue weighted by Gasteiger charge is -2.16. The topological polar surface area (TPSA) is 77.2 Å². The molecule has 1 heterocycles. The number of nitrogens with zero attached hydrogens (tertiary/aromatic N) is 1. The molecule has 1 unspecified atom stereocenters. The molecule has 0 aromatic carbocycles. The van der Waals surface area contributed by atoms with Crippen molar-refractivity contribution in [2.45, 2.75) is 37.8 Å². The lowest BCUT2D eigenvalue weighted by Crippen LogP contribution is -2.34. The monoisotopic (exact) mass is 302 g/mol. The van der Waals surface area contributed by atoms with E-state index < -0.39 is 10.0 Å². The molecule has 20 heavy (non-hydrogen) atoms. The second-order valence-electron chi connectivity index (χ2n) is 5.26. The van der Waals surface area contributed by atoms with E-state index in [1.165, 1.54) is 6.20 Å². The first-order chi connectivity index (χ1) is 9.35. The van der Waals surface area contributed by atoms with Gasteiger partial charge in [0, 0.05) is 24.5 Å². The van der Waals surface area contributed by atoms with Gasteiger partial charge in [0.2, 0.25) is 10.0 Å². The molecular formula is C13H26N4O2S. The van der Waals surface area contributed by atoms with E-state index in [1.807, 2.05) is 32.8 Å². The second-order valence-corrected chi connectivity index (χ2v) is 6.97. The van der Waals surface area contributed by atoms with Crippen molar-refractivity contribution in [1.82, 2.24) is 19.9 Å². The van der Waals surface area contributed by atoms with Gasteiger partial charge in [-0.3, -0.25) is 0 Å². The summed E-state index contributed by atoms with van der Waals surface area (Å²) in [4.78, 5) is 5.31. The van der Waals surface area contributed by atoms with E-state index in [1.54, 1.807) is 6.07 Å². The molecule has 0 radical (unpaired) electrons. The third kappa shape index (κ3) is 5.62. The minimum Gasteiger partial charge on any atom is -0.363 e. The first-order valence-corrected chi connectivity index (χ1v) is 8.38. The van der Waals surface area contributed by atoms with Crippen LogP contribution in [0.3, 0.4) is 0 Å². The van der Waals surface area contributed by atoms with Gasteiger partial charge in [0.15, 0.2) is 0 Å². The minimum atomic E-state index is -3.44. The summed E-state index contributed by atoms with van der Waals surface area (Å²) >= 11 is 0. The van der Waals surface area contributed by atoms with Crippen molar-refractivity contribution in [2.24, 2.45) is 0 Å². The fraction of sp³-hybridized carbons (Fsp3) is 0.692. The van der Waals surface area contributed by atoms with Gasteiger partial charge in [0.1, 0.15) is 0 Å². The number of rotatable bonds is 9. The van der Waals surface area contributed by atoms with E-state index in [9.17, 15) is 8.42 Å². The van der Waals surface area contributed by atoms with Crippen LogP contribution >= 0.6 is 0 Å². The van der Waals surface area contributed by atoms with Crippen molar-refractivity contribution < 1.29 is 8.42 Å². The van der Waals surface area contributed by atoms with Crippen LogP contribution < -0.4 is 10.0 Å². The molecule has 0 bridgehead atoms. The maximum atomic E-state index is 12.2. The molecule has 0 aliphatic carbocycles. The van der Waals surface area contributed by atoms with Crippen molar-refractivity contribution in [3.05, 3.63) is 18.0 Å². The maximum absolute atomic E-state index is 12.2. The molecule has 1 aromatic heterocycles. The summed E-state index contributed by atoms with van der Waals surface area (Å²) in [6.07, 6.45) is 2.31. The molecule has 1 rings (SSSR count).